The van der Waals surface area contributed by atoms with Gasteiger partial charge in [0.2, 0.25) is 0 Å². The number of hydrazine groups is 1. The minimum Gasteiger partial charge on any atom is -0.466 e. The molecule has 1 aromatic rings. The highest BCUT2D eigenvalue weighted by molar-refractivity contribution is 5.75. The predicted molar refractivity (Wildman–Crippen MR) is 65.0 cm³/mol. The second-order valence-corrected chi connectivity index (χ2v) is 4.24. The third-order valence-corrected chi connectivity index (χ3v) is 3.08. The second-order valence-electron chi connectivity index (χ2n) is 4.24. The van der Waals surface area contributed by atoms with E-state index in [9.17, 15) is 4.79 Å². The lowest BCUT2D eigenvalue weighted by Gasteiger charge is -2.19. The molecule has 1 fully saturated rings. The lowest BCUT2D eigenvalue weighted by atomic mass is 9.90. The van der Waals surface area contributed by atoms with Gasteiger partial charge in [0.1, 0.15) is 0 Å². The summed E-state index contributed by atoms with van der Waals surface area (Å²) >= 11 is 0. The summed E-state index contributed by atoms with van der Waals surface area (Å²) in [5.41, 5.74) is 7.37. The lowest BCUT2D eigenvalue weighted by Crippen LogP contribution is -2.31. The monoisotopic (exact) mass is 234 g/mol. The highest BCUT2D eigenvalue weighted by Gasteiger charge is 2.40. The molecule has 0 amide bonds. The first-order valence-corrected chi connectivity index (χ1v) is 5.96. The zero-order valence-electron chi connectivity index (χ0n) is 10.1. The first-order valence-electron chi connectivity index (χ1n) is 5.96. The molecule has 0 aromatic heterocycles. The van der Waals surface area contributed by atoms with Gasteiger partial charge in [-0.1, -0.05) is 30.3 Å². The van der Waals surface area contributed by atoms with Crippen LogP contribution < -0.4 is 10.9 Å². The van der Waals surface area contributed by atoms with Crippen LogP contribution in [0.15, 0.2) is 30.3 Å². The van der Waals surface area contributed by atoms with Gasteiger partial charge < -0.3 is 4.74 Å². The van der Waals surface area contributed by atoms with Gasteiger partial charge >= 0.3 is 5.97 Å². The van der Waals surface area contributed by atoms with Gasteiger partial charge in [-0.2, -0.15) is 0 Å². The van der Waals surface area contributed by atoms with Crippen LogP contribution in [-0.2, 0) is 9.53 Å². The van der Waals surface area contributed by atoms with Gasteiger partial charge in [0.25, 0.3) is 0 Å². The molecule has 17 heavy (non-hydrogen) atoms. The number of carbonyl (C=O) groups is 1. The molecular weight excluding hydrogens is 216 g/mol. The van der Waals surface area contributed by atoms with E-state index < -0.39 is 0 Å². The van der Waals surface area contributed by atoms with Gasteiger partial charge in [-0.3, -0.25) is 10.2 Å². The Morgan fingerprint density at radius 1 is 1.29 bits per heavy atom. The van der Waals surface area contributed by atoms with Crippen molar-refractivity contribution in [3.05, 3.63) is 35.9 Å². The van der Waals surface area contributed by atoms with Crippen LogP contribution >= 0.6 is 0 Å². The molecule has 1 heterocycles. The van der Waals surface area contributed by atoms with Crippen LogP contribution in [0.2, 0.25) is 0 Å². The van der Waals surface area contributed by atoms with E-state index >= 15 is 0 Å². The van der Waals surface area contributed by atoms with E-state index in [2.05, 4.69) is 10.9 Å². The topological polar surface area (TPSA) is 50.4 Å². The normalized spacial score (nSPS) is 28.0. The van der Waals surface area contributed by atoms with Crippen LogP contribution in [0.3, 0.4) is 0 Å². The molecule has 0 spiro atoms. The van der Waals surface area contributed by atoms with Crippen LogP contribution in [0.1, 0.15) is 25.5 Å². The maximum absolute atomic E-state index is 11.9. The van der Waals surface area contributed by atoms with Crippen molar-refractivity contribution in [2.75, 3.05) is 6.61 Å². The minimum absolute atomic E-state index is 0.0229. The molecule has 1 aromatic carbocycles. The molecule has 3 atom stereocenters. The maximum atomic E-state index is 11.9. The fourth-order valence-electron chi connectivity index (χ4n) is 2.22. The summed E-state index contributed by atoms with van der Waals surface area (Å²) in [7, 11) is 0. The minimum atomic E-state index is -0.183. The van der Waals surface area contributed by atoms with E-state index in [0.717, 1.165) is 5.56 Å². The molecular formula is C13H18N2O2. The van der Waals surface area contributed by atoms with Crippen molar-refractivity contribution in [3.8, 4) is 0 Å². The molecule has 1 aliphatic heterocycles. The Labute approximate surface area is 101 Å². The Morgan fingerprint density at radius 2 is 2.00 bits per heavy atom. The van der Waals surface area contributed by atoms with E-state index in [0.29, 0.717) is 6.61 Å². The first kappa shape index (κ1) is 12.1. The zero-order chi connectivity index (χ0) is 12.3. The van der Waals surface area contributed by atoms with Gasteiger partial charge in [-0.15, -0.1) is 0 Å². The Bertz CT molecular complexity index is 380. The van der Waals surface area contributed by atoms with Crippen molar-refractivity contribution in [2.45, 2.75) is 25.9 Å². The largest absolute Gasteiger partial charge is 0.466 e. The third kappa shape index (κ3) is 2.48. The summed E-state index contributed by atoms with van der Waals surface area (Å²) in [6.45, 7) is 4.23. The van der Waals surface area contributed by atoms with Crippen LogP contribution in [0.25, 0.3) is 0 Å². The molecule has 0 bridgehead atoms. The summed E-state index contributed by atoms with van der Waals surface area (Å²) in [6, 6.07) is 10.00. The quantitative estimate of drug-likeness (QED) is 0.776. The zero-order valence-corrected chi connectivity index (χ0v) is 10.1. The maximum Gasteiger partial charge on any atom is 0.312 e. The fraction of sp³-hybridized carbons (Fsp3) is 0.462. The average Bonchev–Trinajstić information content (AvgIpc) is 2.73. The predicted octanol–water partition coefficient (Wildman–Crippen LogP) is 1.40. The van der Waals surface area contributed by atoms with Crippen molar-refractivity contribution in [3.63, 3.8) is 0 Å². The molecule has 0 aliphatic carbocycles. The molecule has 0 saturated carbocycles. The molecule has 2 rings (SSSR count). The van der Waals surface area contributed by atoms with Crippen molar-refractivity contribution < 1.29 is 9.53 Å². The summed E-state index contributed by atoms with van der Waals surface area (Å²) in [4.78, 5) is 11.9. The Morgan fingerprint density at radius 3 is 2.65 bits per heavy atom. The lowest BCUT2D eigenvalue weighted by molar-refractivity contribution is -0.148. The smallest absolute Gasteiger partial charge is 0.312 e. The van der Waals surface area contributed by atoms with Gasteiger partial charge in [0.05, 0.1) is 18.6 Å². The number of nitrogens with one attached hydrogen (secondary N) is 2. The summed E-state index contributed by atoms with van der Waals surface area (Å²) in [6.07, 6.45) is 0. The number of rotatable bonds is 3. The fourth-order valence-corrected chi connectivity index (χ4v) is 2.22. The van der Waals surface area contributed by atoms with Crippen LogP contribution in [-0.4, -0.2) is 18.6 Å². The van der Waals surface area contributed by atoms with Gasteiger partial charge in [0.15, 0.2) is 0 Å². The van der Waals surface area contributed by atoms with E-state index in [4.69, 9.17) is 4.74 Å². The second kappa shape index (κ2) is 5.29. The van der Waals surface area contributed by atoms with Crippen LogP contribution in [0, 0.1) is 5.92 Å². The SMILES string of the molecule is CCOC(=O)C1C(C)NNC1c1ccccc1. The van der Waals surface area contributed by atoms with Crippen LogP contribution in [0.4, 0.5) is 0 Å². The van der Waals surface area contributed by atoms with Crippen molar-refractivity contribution in [2.24, 2.45) is 5.92 Å². The highest BCUT2D eigenvalue weighted by Crippen LogP contribution is 2.29. The Hall–Kier alpha value is -1.39. The Kier molecular flexibility index (Phi) is 3.76. The average molecular weight is 234 g/mol. The standard InChI is InChI=1S/C13H18N2O2/c1-3-17-13(16)11-9(2)14-15-12(11)10-7-5-4-6-8-10/h4-9,11-12,14-15H,3H2,1-2H3. The van der Waals surface area contributed by atoms with E-state index in [1.54, 1.807) is 0 Å². The number of esters is 1. The highest BCUT2D eigenvalue weighted by atomic mass is 16.5. The molecule has 3 unspecified atom stereocenters. The molecule has 2 N–H and O–H groups in total. The number of benzene rings is 1. The van der Waals surface area contributed by atoms with E-state index in [1.807, 2.05) is 44.2 Å². The molecule has 4 nitrogen and oxygen atoms in total. The number of hydrogen-bond acceptors (Lipinski definition) is 4. The van der Waals surface area contributed by atoms with Crippen LogP contribution in [0.5, 0.6) is 0 Å². The van der Waals surface area contributed by atoms with Gasteiger partial charge in [0, 0.05) is 6.04 Å². The summed E-state index contributed by atoms with van der Waals surface area (Å²) in [5, 5.41) is 0. The molecule has 1 aliphatic rings. The van der Waals surface area contributed by atoms with E-state index in [-0.39, 0.29) is 24.0 Å². The van der Waals surface area contributed by atoms with Crippen molar-refractivity contribution >= 4 is 5.97 Å². The van der Waals surface area contributed by atoms with E-state index in [1.165, 1.54) is 0 Å². The number of ether oxygens (including phenoxy) is 1. The van der Waals surface area contributed by atoms with Crippen molar-refractivity contribution in [1.29, 1.82) is 0 Å². The molecule has 92 valence electrons. The summed E-state index contributed by atoms with van der Waals surface area (Å²) in [5.74, 6) is -0.330. The number of hydrogen-bond donors (Lipinski definition) is 2. The summed E-state index contributed by atoms with van der Waals surface area (Å²) < 4.78 is 5.13. The molecule has 0 radical (unpaired) electrons. The molecule has 4 heteroatoms. The third-order valence-electron chi connectivity index (χ3n) is 3.08. The first-order chi connectivity index (χ1) is 8.24. The van der Waals surface area contributed by atoms with Gasteiger partial charge in [-0.05, 0) is 19.4 Å². The van der Waals surface area contributed by atoms with Crippen molar-refractivity contribution in [1.82, 2.24) is 10.9 Å². The number of carbonyl (C=O) groups excluding carboxylic acids is 1. The Balaban J connectivity index is 2.19. The van der Waals surface area contributed by atoms with Gasteiger partial charge in [-0.25, -0.2) is 5.43 Å². The molecule has 1 saturated heterocycles.